The highest BCUT2D eigenvalue weighted by molar-refractivity contribution is 5.71. The van der Waals surface area contributed by atoms with Crippen molar-refractivity contribution < 1.29 is 9.90 Å². The number of aliphatic carboxylic acids is 1. The lowest BCUT2D eigenvalue weighted by atomic mass is 9.97. The van der Waals surface area contributed by atoms with E-state index in [1.807, 2.05) is 24.3 Å². The van der Waals surface area contributed by atoms with Crippen LogP contribution < -0.4 is 0 Å². The van der Waals surface area contributed by atoms with Crippen LogP contribution in [0.15, 0.2) is 60.7 Å². The maximum Gasteiger partial charge on any atom is 0.308 e. The lowest BCUT2D eigenvalue weighted by molar-refractivity contribution is -0.143. The molecule has 0 unspecified atom stereocenters. The van der Waals surface area contributed by atoms with E-state index in [-0.39, 0.29) is 18.0 Å². The van der Waals surface area contributed by atoms with Crippen LogP contribution in [-0.2, 0) is 11.3 Å². The third kappa shape index (κ3) is 3.68. The molecule has 1 N–H and O–H groups in total. The van der Waals surface area contributed by atoms with Gasteiger partial charge in [0.25, 0.3) is 0 Å². The van der Waals surface area contributed by atoms with Crippen LogP contribution in [0, 0.1) is 5.92 Å². The molecule has 1 aliphatic carbocycles. The first-order valence-corrected chi connectivity index (χ1v) is 8.74. The fraction of sp³-hybridized carbons (Fsp3) is 0.381. The molecule has 0 saturated heterocycles. The van der Waals surface area contributed by atoms with Gasteiger partial charge >= 0.3 is 5.97 Å². The summed E-state index contributed by atoms with van der Waals surface area (Å²) in [5, 5.41) is 9.62. The molecule has 3 heteroatoms. The number of hydrogen-bond donors (Lipinski definition) is 1. The smallest absolute Gasteiger partial charge is 0.308 e. The van der Waals surface area contributed by atoms with Crippen molar-refractivity contribution >= 4 is 5.97 Å². The molecular formula is C21H25NO2. The SMILES string of the molecule is C[C@H](c1ccccc1)N(Cc1ccccc1)[C@@H]1CCC[C@H]1C(=O)O. The van der Waals surface area contributed by atoms with Crippen molar-refractivity contribution in [2.75, 3.05) is 0 Å². The summed E-state index contributed by atoms with van der Waals surface area (Å²) in [5.41, 5.74) is 2.47. The van der Waals surface area contributed by atoms with Crippen LogP contribution in [0.5, 0.6) is 0 Å². The van der Waals surface area contributed by atoms with Gasteiger partial charge in [-0.05, 0) is 30.9 Å². The van der Waals surface area contributed by atoms with Gasteiger partial charge in [0.15, 0.2) is 0 Å². The Morgan fingerprint density at radius 1 is 1.08 bits per heavy atom. The van der Waals surface area contributed by atoms with E-state index in [0.717, 1.165) is 25.8 Å². The summed E-state index contributed by atoms with van der Waals surface area (Å²) in [7, 11) is 0. The van der Waals surface area contributed by atoms with E-state index in [4.69, 9.17) is 0 Å². The average Bonchev–Trinajstić information content (AvgIpc) is 3.10. The number of hydrogen-bond acceptors (Lipinski definition) is 2. The fourth-order valence-electron chi connectivity index (χ4n) is 3.88. The van der Waals surface area contributed by atoms with Crippen molar-refractivity contribution in [2.24, 2.45) is 5.92 Å². The summed E-state index contributed by atoms with van der Waals surface area (Å²) < 4.78 is 0. The highest BCUT2D eigenvalue weighted by Crippen LogP contribution is 2.36. The Bertz CT molecular complexity index is 656. The van der Waals surface area contributed by atoms with Crippen molar-refractivity contribution in [3.8, 4) is 0 Å². The summed E-state index contributed by atoms with van der Waals surface area (Å²) >= 11 is 0. The van der Waals surface area contributed by atoms with Crippen LogP contribution in [0.2, 0.25) is 0 Å². The minimum absolute atomic E-state index is 0.0953. The van der Waals surface area contributed by atoms with Gasteiger partial charge in [-0.2, -0.15) is 0 Å². The van der Waals surface area contributed by atoms with Crippen molar-refractivity contribution in [3.63, 3.8) is 0 Å². The molecule has 1 fully saturated rings. The van der Waals surface area contributed by atoms with E-state index < -0.39 is 5.97 Å². The summed E-state index contributed by atoms with van der Waals surface area (Å²) in [6.45, 7) is 2.97. The molecule has 3 rings (SSSR count). The van der Waals surface area contributed by atoms with Crippen LogP contribution in [-0.4, -0.2) is 22.0 Å². The molecule has 2 aromatic rings. The van der Waals surface area contributed by atoms with Gasteiger partial charge in [-0.25, -0.2) is 0 Å². The zero-order chi connectivity index (χ0) is 16.9. The van der Waals surface area contributed by atoms with Crippen molar-refractivity contribution in [3.05, 3.63) is 71.8 Å². The Labute approximate surface area is 143 Å². The molecule has 0 bridgehead atoms. The molecule has 0 aromatic heterocycles. The lowest BCUT2D eigenvalue weighted by Gasteiger charge is -2.37. The van der Waals surface area contributed by atoms with Crippen LogP contribution in [0.25, 0.3) is 0 Å². The topological polar surface area (TPSA) is 40.5 Å². The Balaban J connectivity index is 1.90. The van der Waals surface area contributed by atoms with E-state index in [1.54, 1.807) is 0 Å². The molecule has 0 radical (unpaired) electrons. The standard InChI is InChI=1S/C21H25NO2/c1-16(18-11-6-3-7-12-18)22(15-17-9-4-2-5-10-17)20-14-8-13-19(20)21(23)24/h2-7,9-12,16,19-20H,8,13-15H2,1H3,(H,23,24)/t16-,19-,20-/m1/s1. The van der Waals surface area contributed by atoms with E-state index in [0.29, 0.717) is 0 Å². The Hall–Kier alpha value is -2.13. The van der Waals surface area contributed by atoms with E-state index in [9.17, 15) is 9.90 Å². The van der Waals surface area contributed by atoms with Crippen LogP contribution in [0.4, 0.5) is 0 Å². The summed E-state index contributed by atoms with van der Waals surface area (Å²) in [5.74, 6) is -0.921. The molecule has 24 heavy (non-hydrogen) atoms. The van der Waals surface area contributed by atoms with Crippen molar-refractivity contribution in [2.45, 2.75) is 44.8 Å². The first kappa shape index (κ1) is 16.7. The van der Waals surface area contributed by atoms with Gasteiger partial charge < -0.3 is 5.11 Å². The monoisotopic (exact) mass is 323 g/mol. The van der Waals surface area contributed by atoms with Gasteiger partial charge in [-0.1, -0.05) is 67.1 Å². The van der Waals surface area contributed by atoms with Gasteiger partial charge in [0.05, 0.1) is 5.92 Å². The van der Waals surface area contributed by atoms with Crippen LogP contribution in [0.1, 0.15) is 43.4 Å². The van der Waals surface area contributed by atoms with E-state index in [2.05, 4.69) is 48.2 Å². The molecule has 126 valence electrons. The van der Waals surface area contributed by atoms with Crippen molar-refractivity contribution in [1.29, 1.82) is 0 Å². The third-order valence-electron chi connectivity index (χ3n) is 5.21. The maximum absolute atomic E-state index is 11.7. The molecule has 0 amide bonds. The normalized spacial score (nSPS) is 21.8. The maximum atomic E-state index is 11.7. The van der Waals surface area contributed by atoms with Gasteiger partial charge in [-0.15, -0.1) is 0 Å². The van der Waals surface area contributed by atoms with E-state index >= 15 is 0 Å². The minimum atomic E-state index is -0.657. The van der Waals surface area contributed by atoms with Gasteiger partial charge in [0.1, 0.15) is 0 Å². The van der Waals surface area contributed by atoms with Crippen LogP contribution >= 0.6 is 0 Å². The number of rotatable bonds is 6. The summed E-state index contributed by atoms with van der Waals surface area (Å²) in [6.07, 6.45) is 2.74. The summed E-state index contributed by atoms with van der Waals surface area (Å²) in [6, 6.07) is 21.0. The van der Waals surface area contributed by atoms with Gasteiger partial charge in [0.2, 0.25) is 0 Å². The molecule has 1 saturated carbocycles. The van der Waals surface area contributed by atoms with Gasteiger partial charge in [0, 0.05) is 18.6 Å². The highest BCUT2D eigenvalue weighted by Gasteiger charge is 2.38. The highest BCUT2D eigenvalue weighted by atomic mass is 16.4. The predicted molar refractivity (Wildman–Crippen MR) is 95.6 cm³/mol. The first-order chi connectivity index (χ1) is 11.7. The molecular weight excluding hydrogens is 298 g/mol. The molecule has 1 aliphatic rings. The summed E-state index contributed by atoms with van der Waals surface area (Å²) in [4.78, 5) is 14.1. The predicted octanol–water partition coefficient (Wildman–Crippen LogP) is 4.50. The molecule has 3 atom stereocenters. The molecule has 3 nitrogen and oxygen atoms in total. The second kappa shape index (κ2) is 7.63. The number of carboxylic acids is 1. The average molecular weight is 323 g/mol. The second-order valence-electron chi connectivity index (χ2n) is 6.69. The molecule has 0 spiro atoms. The minimum Gasteiger partial charge on any atom is -0.481 e. The third-order valence-corrected chi connectivity index (χ3v) is 5.21. The second-order valence-corrected chi connectivity index (χ2v) is 6.69. The molecule has 2 aromatic carbocycles. The number of carbonyl (C=O) groups is 1. The van der Waals surface area contributed by atoms with Crippen molar-refractivity contribution in [1.82, 2.24) is 4.90 Å². The number of benzene rings is 2. The van der Waals surface area contributed by atoms with Gasteiger partial charge in [-0.3, -0.25) is 9.69 Å². The number of carboxylic acid groups (broad SMARTS) is 1. The Morgan fingerprint density at radius 2 is 1.71 bits per heavy atom. The fourth-order valence-corrected chi connectivity index (χ4v) is 3.88. The first-order valence-electron chi connectivity index (χ1n) is 8.74. The molecule has 0 heterocycles. The van der Waals surface area contributed by atoms with Crippen LogP contribution in [0.3, 0.4) is 0 Å². The number of nitrogens with zero attached hydrogens (tertiary/aromatic N) is 1. The Kier molecular flexibility index (Phi) is 5.31. The zero-order valence-corrected chi connectivity index (χ0v) is 14.1. The zero-order valence-electron chi connectivity index (χ0n) is 14.1. The van der Waals surface area contributed by atoms with E-state index in [1.165, 1.54) is 11.1 Å². The largest absolute Gasteiger partial charge is 0.481 e. The Morgan fingerprint density at radius 3 is 2.33 bits per heavy atom. The quantitative estimate of drug-likeness (QED) is 0.850. The molecule has 0 aliphatic heterocycles. The lowest BCUT2D eigenvalue weighted by Crippen LogP contribution is -2.41.